The molecule has 84 valence electrons. The van der Waals surface area contributed by atoms with Gasteiger partial charge in [0.1, 0.15) is 5.01 Å². The summed E-state index contributed by atoms with van der Waals surface area (Å²) in [6, 6.07) is -0.0205. The predicted octanol–water partition coefficient (Wildman–Crippen LogP) is 2.00. The molecule has 4 nitrogen and oxygen atoms in total. The third kappa shape index (κ3) is 3.51. The van der Waals surface area contributed by atoms with Crippen molar-refractivity contribution in [1.29, 1.82) is 0 Å². The maximum atomic E-state index is 11.6. The van der Waals surface area contributed by atoms with Crippen LogP contribution < -0.4 is 5.32 Å². The molecule has 0 aromatic carbocycles. The molecule has 0 fully saturated rings. The van der Waals surface area contributed by atoms with Crippen molar-refractivity contribution >= 4 is 17.4 Å². The van der Waals surface area contributed by atoms with Crippen molar-refractivity contribution in [3.8, 4) is 0 Å². The van der Waals surface area contributed by atoms with Crippen molar-refractivity contribution in [1.82, 2.24) is 15.2 Å². The molecule has 1 aromatic heterocycles. The number of aromatic nitrogens is 1. The van der Waals surface area contributed by atoms with Crippen molar-refractivity contribution < 1.29 is 4.79 Å². The number of hydrogen-bond donors (Lipinski definition) is 1. The van der Waals surface area contributed by atoms with Gasteiger partial charge in [-0.25, -0.2) is 9.78 Å². The molecule has 5 heteroatoms. The highest BCUT2D eigenvalue weighted by Crippen LogP contribution is 2.07. The fourth-order valence-corrected chi connectivity index (χ4v) is 1.97. The molecule has 2 amide bonds. The van der Waals surface area contributed by atoms with Crippen LogP contribution in [-0.4, -0.2) is 29.0 Å². The van der Waals surface area contributed by atoms with Gasteiger partial charge in [0.2, 0.25) is 0 Å². The molecule has 15 heavy (non-hydrogen) atoms. The lowest BCUT2D eigenvalue weighted by Gasteiger charge is -2.18. The summed E-state index contributed by atoms with van der Waals surface area (Å²) >= 11 is 1.57. The summed E-state index contributed by atoms with van der Waals surface area (Å²) < 4.78 is 0. The largest absolute Gasteiger partial charge is 0.331 e. The van der Waals surface area contributed by atoms with Crippen molar-refractivity contribution in [3.63, 3.8) is 0 Å². The predicted molar refractivity (Wildman–Crippen MR) is 62.0 cm³/mol. The smallest absolute Gasteiger partial charge is 0.317 e. The Hall–Kier alpha value is -1.10. The summed E-state index contributed by atoms with van der Waals surface area (Å²) in [5.74, 6) is 0. The van der Waals surface area contributed by atoms with Crippen LogP contribution in [0.5, 0.6) is 0 Å². The lowest BCUT2D eigenvalue weighted by Crippen LogP contribution is -2.39. The minimum Gasteiger partial charge on any atom is -0.331 e. The molecule has 0 atom stereocenters. The minimum absolute atomic E-state index is 0.0205. The summed E-state index contributed by atoms with van der Waals surface area (Å²) in [6.07, 6.45) is 0. The topological polar surface area (TPSA) is 45.2 Å². The van der Waals surface area contributed by atoms with E-state index in [0.717, 1.165) is 23.8 Å². The molecule has 1 rings (SSSR count). The number of aryl methyl sites for hydroxylation is 1. The summed E-state index contributed by atoms with van der Waals surface area (Å²) in [5.41, 5.74) is 1.01. The van der Waals surface area contributed by atoms with Gasteiger partial charge < -0.3 is 10.2 Å². The van der Waals surface area contributed by atoms with Gasteiger partial charge in [0.05, 0.1) is 6.54 Å². The van der Waals surface area contributed by atoms with E-state index in [9.17, 15) is 4.79 Å². The third-order valence-corrected chi connectivity index (χ3v) is 3.07. The van der Waals surface area contributed by atoms with E-state index in [1.165, 1.54) is 0 Å². The van der Waals surface area contributed by atoms with Crippen LogP contribution in [0.25, 0.3) is 0 Å². The van der Waals surface area contributed by atoms with Gasteiger partial charge in [-0.05, 0) is 20.8 Å². The van der Waals surface area contributed by atoms with Crippen LogP contribution in [0.4, 0.5) is 4.79 Å². The van der Waals surface area contributed by atoms with Crippen molar-refractivity contribution in [2.75, 3.05) is 13.1 Å². The van der Waals surface area contributed by atoms with E-state index in [0.29, 0.717) is 6.54 Å². The number of nitrogens with zero attached hydrogens (tertiary/aromatic N) is 2. The first-order valence-corrected chi connectivity index (χ1v) is 5.99. The van der Waals surface area contributed by atoms with E-state index in [4.69, 9.17) is 0 Å². The molecular formula is C10H17N3OS. The van der Waals surface area contributed by atoms with Crippen LogP contribution in [0, 0.1) is 6.92 Å². The number of carbonyl (C=O) groups is 1. The first-order chi connectivity index (χ1) is 7.17. The molecule has 0 aliphatic heterocycles. The van der Waals surface area contributed by atoms with Crippen LogP contribution in [0.3, 0.4) is 0 Å². The molecule has 0 saturated carbocycles. The molecule has 1 heterocycles. The number of rotatable bonds is 4. The second-order valence-corrected chi connectivity index (χ2v) is 4.16. The Kier molecular flexibility index (Phi) is 4.55. The number of nitrogens with one attached hydrogen (secondary N) is 1. The van der Waals surface area contributed by atoms with Gasteiger partial charge in [-0.15, -0.1) is 11.3 Å². The van der Waals surface area contributed by atoms with E-state index in [1.807, 2.05) is 26.2 Å². The first-order valence-electron chi connectivity index (χ1n) is 5.11. The summed E-state index contributed by atoms with van der Waals surface area (Å²) in [6.45, 7) is 7.88. The number of urea groups is 1. The Morgan fingerprint density at radius 1 is 1.53 bits per heavy atom. The molecule has 0 aliphatic carbocycles. The molecule has 0 bridgehead atoms. The van der Waals surface area contributed by atoms with E-state index in [-0.39, 0.29) is 6.03 Å². The molecular weight excluding hydrogens is 210 g/mol. The third-order valence-electron chi connectivity index (χ3n) is 2.11. The highest BCUT2D eigenvalue weighted by molar-refractivity contribution is 7.09. The molecule has 0 aliphatic rings. The number of hydrogen-bond acceptors (Lipinski definition) is 3. The normalized spacial score (nSPS) is 10.1. The fraction of sp³-hybridized carbons (Fsp3) is 0.600. The van der Waals surface area contributed by atoms with Gasteiger partial charge in [0, 0.05) is 24.2 Å². The lowest BCUT2D eigenvalue weighted by molar-refractivity contribution is 0.203. The Morgan fingerprint density at radius 3 is 2.67 bits per heavy atom. The zero-order chi connectivity index (χ0) is 11.3. The van der Waals surface area contributed by atoms with Crippen LogP contribution in [0.1, 0.15) is 24.5 Å². The van der Waals surface area contributed by atoms with E-state index in [1.54, 1.807) is 16.2 Å². The number of carbonyl (C=O) groups excluding carboxylic acids is 1. The Morgan fingerprint density at radius 2 is 2.20 bits per heavy atom. The second-order valence-electron chi connectivity index (χ2n) is 3.21. The number of amides is 2. The quantitative estimate of drug-likeness (QED) is 0.855. The van der Waals surface area contributed by atoms with Crippen LogP contribution in [0.15, 0.2) is 5.38 Å². The van der Waals surface area contributed by atoms with E-state index < -0.39 is 0 Å². The highest BCUT2D eigenvalue weighted by Gasteiger charge is 2.08. The van der Waals surface area contributed by atoms with Gasteiger partial charge >= 0.3 is 6.03 Å². The van der Waals surface area contributed by atoms with Crippen LogP contribution in [-0.2, 0) is 6.54 Å². The summed E-state index contributed by atoms with van der Waals surface area (Å²) in [4.78, 5) is 17.6. The Balaban J connectivity index is 2.40. The average Bonchev–Trinajstić information content (AvgIpc) is 2.63. The monoisotopic (exact) mass is 227 g/mol. The first kappa shape index (κ1) is 12.0. The van der Waals surface area contributed by atoms with Crippen molar-refractivity contribution in [2.24, 2.45) is 0 Å². The molecule has 0 unspecified atom stereocenters. The summed E-state index contributed by atoms with van der Waals surface area (Å²) in [5, 5.41) is 5.79. The minimum atomic E-state index is -0.0205. The molecule has 1 aromatic rings. The Bertz CT molecular complexity index is 320. The van der Waals surface area contributed by atoms with Gasteiger partial charge in [-0.3, -0.25) is 0 Å². The molecule has 0 spiro atoms. The van der Waals surface area contributed by atoms with Gasteiger partial charge in [0.25, 0.3) is 0 Å². The van der Waals surface area contributed by atoms with Crippen molar-refractivity contribution in [3.05, 3.63) is 16.1 Å². The van der Waals surface area contributed by atoms with E-state index in [2.05, 4.69) is 10.3 Å². The van der Waals surface area contributed by atoms with Gasteiger partial charge in [-0.1, -0.05) is 0 Å². The molecule has 0 radical (unpaired) electrons. The average molecular weight is 227 g/mol. The Labute approximate surface area is 94.3 Å². The second kappa shape index (κ2) is 5.70. The zero-order valence-electron chi connectivity index (χ0n) is 9.41. The lowest BCUT2D eigenvalue weighted by atomic mass is 10.5. The van der Waals surface area contributed by atoms with Crippen molar-refractivity contribution in [2.45, 2.75) is 27.3 Å². The molecule has 0 saturated heterocycles. The van der Waals surface area contributed by atoms with Crippen LogP contribution >= 0.6 is 11.3 Å². The highest BCUT2D eigenvalue weighted by atomic mass is 32.1. The van der Waals surface area contributed by atoms with Gasteiger partial charge in [0.15, 0.2) is 0 Å². The SMILES string of the molecule is CCN(CC)C(=O)NCc1nc(C)cs1. The van der Waals surface area contributed by atoms with Gasteiger partial charge in [-0.2, -0.15) is 0 Å². The number of thiazole rings is 1. The maximum Gasteiger partial charge on any atom is 0.317 e. The zero-order valence-corrected chi connectivity index (χ0v) is 10.2. The van der Waals surface area contributed by atoms with Crippen LogP contribution in [0.2, 0.25) is 0 Å². The standard InChI is InChI=1S/C10H17N3OS/c1-4-13(5-2)10(14)11-6-9-12-8(3)7-15-9/h7H,4-6H2,1-3H3,(H,11,14). The maximum absolute atomic E-state index is 11.6. The fourth-order valence-electron chi connectivity index (χ4n) is 1.26. The van der Waals surface area contributed by atoms with E-state index >= 15 is 0 Å². The molecule has 1 N–H and O–H groups in total. The summed E-state index contributed by atoms with van der Waals surface area (Å²) in [7, 11) is 0.